The first-order valence-corrected chi connectivity index (χ1v) is 7.02. The molecule has 0 bridgehead atoms. The fraction of sp³-hybridized carbons (Fsp3) is 0.571. The summed E-state index contributed by atoms with van der Waals surface area (Å²) in [4.78, 5) is 4.86. The molecule has 2 rings (SSSR count). The molecule has 1 aliphatic heterocycles. The number of rotatable bonds is 4. The van der Waals surface area contributed by atoms with Crippen LogP contribution in [-0.4, -0.2) is 44.2 Å². The van der Waals surface area contributed by atoms with Gasteiger partial charge in [-0.15, -0.1) is 0 Å². The average Bonchev–Trinajstić information content (AvgIpc) is 2.40. The van der Waals surface area contributed by atoms with Gasteiger partial charge in [0.25, 0.3) is 0 Å². The van der Waals surface area contributed by atoms with Crippen LogP contribution in [0.25, 0.3) is 0 Å². The molecule has 4 heteroatoms. The summed E-state index contributed by atoms with van der Waals surface area (Å²) in [5, 5.41) is 0.896. The molecule has 1 heterocycles. The molecule has 0 radical (unpaired) electrons. The van der Waals surface area contributed by atoms with Gasteiger partial charge < -0.3 is 10.6 Å². The van der Waals surface area contributed by atoms with Gasteiger partial charge in [-0.3, -0.25) is 4.90 Å². The Bertz CT molecular complexity index is 387. The first-order valence-electron chi connectivity index (χ1n) is 6.65. The van der Waals surface area contributed by atoms with Crippen LogP contribution in [0, 0.1) is 6.92 Å². The first-order chi connectivity index (χ1) is 8.72. The Morgan fingerprint density at radius 3 is 2.61 bits per heavy atom. The molecule has 0 amide bonds. The average molecular weight is 268 g/mol. The number of anilines is 1. The van der Waals surface area contributed by atoms with Gasteiger partial charge in [0, 0.05) is 26.2 Å². The highest BCUT2D eigenvalue weighted by molar-refractivity contribution is 6.34. The molecule has 0 unspecified atom stereocenters. The normalized spacial score (nSPS) is 17.2. The van der Waals surface area contributed by atoms with E-state index in [9.17, 15) is 0 Å². The number of hydrogen-bond donors (Lipinski definition) is 1. The van der Waals surface area contributed by atoms with Crippen molar-refractivity contribution >= 4 is 17.3 Å². The molecule has 0 spiro atoms. The first kappa shape index (κ1) is 13.7. The van der Waals surface area contributed by atoms with Crippen molar-refractivity contribution in [1.29, 1.82) is 0 Å². The third kappa shape index (κ3) is 3.16. The molecule has 0 aliphatic carbocycles. The lowest BCUT2D eigenvalue weighted by Crippen LogP contribution is -2.47. The van der Waals surface area contributed by atoms with Gasteiger partial charge in [0.2, 0.25) is 0 Å². The maximum Gasteiger partial charge on any atom is 0.0668 e. The predicted molar refractivity (Wildman–Crippen MR) is 78.5 cm³/mol. The summed E-state index contributed by atoms with van der Waals surface area (Å²) in [6.07, 6.45) is 1.09. The van der Waals surface area contributed by atoms with Gasteiger partial charge in [-0.25, -0.2) is 0 Å². The van der Waals surface area contributed by atoms with Crippen LogP contribution in [0.3, 0.4) is 0 Å². The fourth-order valence-electron chi connectivity index (χ4n) is 2.40. The van der Waals surface area contributed by atoms with Crippen LogP contribution >= 0.6 is 11.6 Å². The maximum absolute atomic E-state index is 6.37. The molecule has 3 nitrogen and oxygen atoms in total. The maximum atomic E-state index is 6.37. The number of benzene rings is 1. The number of aryl methyl sites for hydroxylation is 1. The lowest BCUT2D eigenvalue weighted by Gasteiger charge is -2.36. The summed E-state index contributed by atoms with van der Waals surface area (Å²) in [5.74, 6) is 0. The van der Waals surface area contributed by atoms with Crippen LogP contribution in [0.1, 0.15) is 12.0 Å². The SMILES string of the molecule is Cc1cccc(N2CCN(CCCN)CC2)c1Cl. The molecule has 1 fully saturated rings. The lowest BCUT2D eigenvalue weighted by molar-refractivity contribution is 0.256. The topological polar surface area (TPSA) is 32.5 Å². The van der Waals surface area contributed by atoms with Crippen LogP contribution in [0.15, 0.2) is 18.2 Å². The molecule has 0 aromatic heterocycles. The van der Waals surface area contributed by atoms with Crippen LogP contribution < -0.4 is 10.6 Å². The zero-order valence-corrected chi connectivity index (χ0v) is 11.8. The summed E-state index contributed by atoms with van der Waals surface area (Å²) in [7, 11) is 0. The summed E-state index contributed by atoms with van der Waals surface area (Å²) in [6, 6.07) is 6.26. The quantitative estimate of drug-likeness (QED) is 0.907. The van der Waals surface area contributed by atoms with E-state index in [-0.39, 0.29) is 0 Å². The Labute approximate surface area is 115 Å². The molecule has 1 saturated heterocycles. The van der Waals surface area contributed by atoms with E-state index < -0.39 is 0 Å². The van der Waals surface area contributed by atoms with E-state index in [4.69, 9.17) is 17.3 Å². The predicted octanol–water partition coefficient (Wildman–Crippen LogP) is 2.12. The Balaban J connectivity index is 1.95. The van der Waals surface area contributed by atoms with Crippen molar-refractivity contribution in [3.05, 3.63) is 28.8 Å². The number of piperazine rings is 1. The van der Waals surface area contributed by atoms with Crippen molar-refractivity contribution in [3.63, 3.8) is 0 Å². The Morgan fingerprint density at radius 1 is 1.22 bits per heavy atom. The smallest absolute Gasteiger partial charge is 0.0668 e. The van der Waals surface area contributed by atoms with E-state index in [2.05, 4.69) is 34.9 Å². The van der Waals surface area contributed by atoms with Gasteiger partial charge in [0.05, 0.1) is 10.7 Å². The molecule has 0 atom stereocenters. The zero-order valence-electron chi connectivity index (χ0n) is 11.0. The highest BCUT2D eigenvalue weighted by atomic mass is 35.5. The molecule has 1 aliphatic rings. The molecule has 1 aromatic rings. The Hall–Kier alpha value is -0.770. The molecular formula is C14H22ClN3. The minimum Gasteiger partial charge on any atom is -0.368 e. The van der Waals surface area contributed by atoms with Crippen LogP contribution in [0.2, 0.25) is 5.02 Å². The van der Waals surface area contributed by atoms with E-state index in [1.807, 2.05) is 0 Å². The second-order valence-electron chi connectivity index (χ2n) is 4.88. The van der Waals surface area contributed by atoms with Crippen LogP contribution in [0.5, 0.6) is 0 Å². The monoisotopic (exact) mass is 267 g/mol. The van der Waals surface area contributed by atoms with E-state index in [0.29, 0.717) is 0 Å². The summed E-state index contributed by atoms with van der Waals surface area (Å²) in [6.45, 7) is 8.26. The van der Waals surface area contributed by atoms with Crippen molar-refractivity contribution < 1.29 is 0 Å². The largest absolute Gasteiger partial charge is 0.368 e. The minimum atomic E-state index is 0.782. The minimum absolute atomic E-state index is 0.782. The molecule has 18 heavy (non-hydrogen) atoms. The zero-order chi connectivity index (χ0) is 13.0. The van der Waals surface area contributed by atoms with Crippen molar-refractivity contribution in [2.45, 2.75) is 13.3 Å². The number of nitrogens with two attached hydrogens (primary N) is 1. The van der Waals surface area contributed by atoms with Crippen molar-refractivity contribution in [2.75, 3.05) is 44.2 Å². The van der Waals surface area contributed by atoms with E-state index in [1.54, 1.807) is 0 Å². The molecule has 100 valence electrons. The van der Waals surface area contributed by atoms with Gasteiger partial charge in [-0.2, -0.15) is 0 Å². The molecule has 0 saturated carbocycles. The van der Waals surface area contributed by atoms with Crippen molar-refractivity contribution in [3.8, 4) is 0 Å². The van der Waals surface area contributed by atoms with Crippen LogP contribution in [-0.2, 0) is 0 Å². The summed E-state index contributed by atoms with van der Waals surface area (Å²) < 4.78 is 0. The Kier molecular flexibility index (Phi) is 4.87. The van der Waals surface area contributed by atoms with Crippen molar-refractivity contribution in [2.24, 2.45) is 5.73 Å². The van der Waals surface area contributed by atoms with Gasteiger partial charge >= 0.3 is 0 Å². The Morgan fingerprint density at radius 2 is 1.94 bits per heavy atom. The third-order valence-corrected chi connectivity index (χ3v) is 4.05. The molecule has 2 N–H and O–H groups in total. The molecular weight excluding hydrogens is 246 g/mol. The van der Waals surface area contributed by atoms with Crippen molar-refractivity contribution in [1.82, 2.24) is 4.90 Å². The van der Waals surface area contributed by atoms with Gasteiger partial charge in [-0.1, -0.05) is 23.7 Å². The van der Waals surface area contributed by atoms with E-state index >= 15 is 0 Å². The van der Waals surface area contributed by atoms with Gasteiger partial charge in [0.15, 0.2) is 0 Å². The number of nitrogens with zero attached hydrogens (tertiary/aromatic N) is 2. The molecule has 1 aromatic carbocycles. The second-order valence-corrected chi connectivity index (χ2v) is 5.26. The standard InChI is InChI=1S/C14H22ClN3/c1-12-4-2-5-13(14(12)15)18-10-8-17(9-11-18)7-3-6-16/h2,4-5H,3,6-11,16H2,1H3. The van der Waals surface area contributed by atoms with Gasteiger partial charge in [-0.05, 0) is 38.1 Å². The van der Waals surface area contributed by atoms with Gasteiger partial charge in [0.1, 0.15) is 0 Å². The summed E-state index contributed by atoms with van der Waals surface area (Å²) >= 11 is 6.37. The van der Waals surface area contributed by atoms with Crippen LogP contribution in [0.4, 0.5) is 5.69 Å². The second kappa shape index (κ2) is 6.41. The highest BCUT2D eigenvalue weighted by Crippen LogP contribution is 2.29. The summed E-state index contributed by atoms with van der Waals surface area (Å²) in [5.41, 5.74) is 7.87. The van der Waals surface area contributed by atoms with E-state index in [1.165, 1.54) is 5.69 Å². The van der Waals surface area contributed by atoms with E-state index in [0.717, 1.165) is 56.3 Å². The highest BCUT2D eigenvalue weighted by Gasteiger charge is 2.18. The number of halogens is 1. The third-order valence-electron chi connectivity index (χ3n) is 3.56. The number of hydrogen-bond acceptors (Lipinski definition) is 3. The lowest BCUT2D eigenvalue weighted by atomic mass is 10.2. The fourth-order valence-corrected chi connectivity index (χ4v) is 2.65.